The zero-order valence-corrected chi connectivity index (χ0v) is 16.2. The van der Waals surface area contributed by atoms with E-state index < -0.39 is 0 Å². The van der Waals surface area contributed by atoms with Gasteiger partial charge in [0.1, 0.15) is 0 Å². The summed E-state index contributed by atoms with van der Waals surface area (Å²) in [5, 5.41) is 4.16. The van der Waals surface area contributed by atoms with Crippen molar-refractivity contribution in [3.05, 3.63) is 87.5 Å². The number of hydrogen-bond acceptors (Lipinski definition) is 3. The lowest BCUT2D eigenvalue weighted by molar-refractivity contribution is -0.115. The number of thioether (sulfide) groups is 1. The fourth-order valence-electron chi connectivity index (χ4n) is 2.56. The zero-order chi connectivity index (χ0) is 18.8. The van der Waals surface area contributed by atoms with Crippen LogP contribution in [0.25, 0.3) is 11.8 Å². The first-order valence-corrected chi connectivity index (χ1v) is 9.64. The molecular weight excluding hydrogens is 401 g/mol. The molecule has 0 spiro atoms. The Morgan fingerprint density at radius 2 is 1.85 bits per heavy atom. The minimum Gasteiger partial charge on any atom is -0.323 e. The lowest BCUT2D eigenvalue weighted by atomic mass is 10.3. The number of amidine groups is 1. The van der Waals surface area contributed by atoms with E-state index in [0.717, 1.165) is 11.3 Å². The Morgan fingerprint density at radius 3 is 2.63 bits per heavy atom. The summed E-state index contributed by atoms with van der Waals surface area (Å²) in [4.78, 5) is 17.2. The van der Waals surface area contributed by atoms with Crippen molar-refractivity contribution >= 4 is 57.8 Å². The molecular formula is C20H13Cl2N3OS. The van der Waals surface area contributed by atoms with Crippen LogP contribution in [0.4, 0.5) is 5.69 Å². The Bertz CT molecular complexity index is 1070. The van der Waals surface area contributed by atoms with Gasteiger partial charge in [-0.3, -0.25) is 4.79 Å². The van der Waals surface area contributed by atoms with Gasteiger partial charge >= 0.3 is 0 Å². The molecule has 1 aromatic heterocycles. The predicted octanol–water partition coefficient (Wildman–Crippen LogP) is 5.68. The van der Waals surface area contributed by atoms with Crippen molar-refractivity contribution in [3.63, 3.8) is 0 Å². The van der Waals surface area contributed by atoms with Gasteiger partial charge in [-0.25, -0.2) is 4.99 Å². The average molecular weight is 414 g/mol. The topological polar surface area (TPSA) is 46.4 Å². The van der Waals surface area contributed by atoms with Gasteiger partial charge in [0.25, 0.3) is 5.91 Å². The summed E-state index contributed by atoms with van der Waals surface area (Å²) in [6, 6.07) is 17.0. The molecule has 0 saturated carbocycles. The summed E-state index contributed by atoms with van der Waals surface area (Å²) < 4.78 is 2.01. The van der Waals surface area contributed by atoms with Gasteiger partial charge < -0.3 is 9.88 Å². The van der Waals surface area contributed by atoms with E-state index in [1.165, 1.54) is 11.8 Å². The third kappa shape index (κ3) is 4.11. The molecule has 2 aromatic carbocycles. The van der Waals surface area contributed by atoms with Crippen LogP contribution in [0.1, 0.15) is 5.56 Å². The van der Waals surface area contributed by atoms with Crippen molar-refractivity contribution in [2.45, 2.75) is 0 Å². The fraction of sp³-hybridized carbons (Fsp3) is 0. The van der Waals surface area contributed by atoms with E-state index in [-0.39, 0.29) is 5.91 Å². The smallest absolute Gasteiger partial charge is 0.264 e. The predicted molar refractivity (Wildman–Crippen MR) is 113 cm³/mol. The second-order valence-corrected chi connectivity index (χ2v) is 7.61. The number of amides is 1. The summed E-state index contributed by atoms with van der Waals surface area (Å²) >= 11 is 13.2. The molecule has 0 atom stereocenters. The number of aromatic nitrogens is 1. The Kier molecular flexibility index (Phi) is 5.07. The number of nitrogens with zero attached hydrogens (tertiary/aromatic N) is 2. The molecule has 1 N–H and O–H groups in total. The molecule has 1 saturated heterocycles. The van der Waals surface area contributed by atoms with E-state index in [0.29, 0.717) is 25.8 Å². The summed E-state index contributed by atoms with van der Waals surface area (Å²) in [6.45, 7) is 0. The lowest BCUT2D eigenvalue weighted by Crippen LogP contribution is -2.19. The minimum absolute atomic E-state index is 0.175. The molecule has 0 aliphatic carbocycles. The van der Waals surface area contributed by atoms with E-state index in [9.17, 15) is 4.79 Å². The Morgan fingerprint density at radius 1 is 1.04 bits per heavy atom. The molecule has 1 fully saturated rings. The third-order valence-corrected chi connectivity index (χ3v) is 5.50. The highest BCUT2D eigenvalue weighted by Gasteiger charge is 2.24. The molecule has 7 heteroatoms. The number of carbonyl (C=O) groups excluding carboxylic acids is 1. The maximum atomic E-state index is 12.2. The van der Waals surface area contributed by atoms with Crippen LogP contribution in [0, 0.1) is 0 Å². The first kappa shape index (κ1) is 17.9. The number of halogens is 2. The van der Waals surface area contributed by atoms with Crippen molar-refractivity contribution in [2.24, 2.45) is 4.99 Å². The van der Waals surface area contributed by atoms with Gasteiger partial charge in [0.05, 0.1) is 20.6 Å². The van der Waals surface area contributed by atoms with Gasteiger partial charge in [-0.15, -0.1) is 0 Å². The number of aliphatic imine (C=N–C) groups is 1. The third-order valence-electron chi connectivity index (χ3n) is 3.85. The number of rotatable bonds is 3. The van der Waals surface area contributed by atoms with Gasteiger partial charge in [0, 0.05) is 18.1 Å². The van der Waals surface area contributed by atoms with Crippen molar-refractivity contribution in [1.29, 1.82) is 0 Å². The molecule has 1 amide bonds. The van der Waals surface area contributed by atoms with Crippen molar-refractivity contribution in [1.82, 2.24) is 9.88 Å². The molecule has 1 aliphatic heterocycles. The number of para-hydroxylation sites is 1. The largest absolute Gasteiger partial charge is 0.323 e. The first-order chi connectivity index (χ1) is 13.1. The maximum Gasteiger partial charge on any atom is 0.264 e. The number of carbonyl (C=O) groups is 1. The SMILES string of the molecule is O=C1NC(=Nc2ccc(Cl)c(Cl)c2)S/C1=C/c1ccn(-c2ccccc2)c1. The summed E-state index contributed by atoms with van der Waals surface area (Å²) in [7, 11) is 0. The maximum absolute atomic E-state index is 12.2. The van der Waals surface area contributed by atoms with Crippen LogP contribution < -0.4 is 5.32 Å². The summed E-state index contributed by atoms with van der Waals surface area (Å²) in [5.41, 5.74) is 2.63. The fourth-order valence-corrected chi connectivity index (χ4v) is 3.70. The molecule has 0 radical (unpaired) electrons. The lowest BCUT2D eigenvalue weighted by Gasteiger charge is -2.00. The van der Waals surface area contributed by atoms with E-state index in [1.807, 2.05) is 59.4 Å². The van der Waals surface area contributed by atoms with Gasteiger partial charge in [-0.05, 0) is 59.8 Å². The number of hydrogen-bond donors (Lipinski definition) is 1. The van der Waals surface area contributed by atoms with Crippen molar-refractivity contribution < 1.29 is 4.79 Å². The van der Waals surface area contributed by atoms with E-state index >= 15 is 0 Å². The minimum atomic E-state index is -0.175. The first-order valence-electron chi connectivity index (χ1n) is 8.06. The second-order valence-electron chi connectivity index (χ2n) is 5.77. The number of benzene rings is 2. The van der Waals surface area contributed by atoms with E-state index in [4.69, 9.17) is 23.2 Å². The highest BCUT2D eigenvalue weighted by atomic mass is 35.5. The van der Waals surface area contributed by atoms with Gasteiger partial charge in [-0.2, -0.15) is 0 Å². The van der Waals surface area contributed by atoms with Crippen LogP contribution in [0.3, 0.4) is 0 Å². The molecule has 1 aliphatic rings. The van der Waals surface area contributed by atoms with E-state index in [2.05, 4.69) is 10.3 Å². The van der Waals surface area contributed by atoms with Crippen LogP contribution in [-0.2, 0) is 4.79 Å². The molecule has 0 unspecified atom stereocenters. The van der Waals surface area contributed by atoms with Crippen molar-refractivity contribution in [2.75, 3.05) is 0 Å². The molecule has 4 rings (SSSR count). The van der Waals surface area contributed by atoms with E-state index in [1.54, 1.807) is 18.2 Å². The summed E-state index contributed by atoms with van der Waals surface area (Å²) in [6.07, 6.45) is 5.78. The average Bonchev–Trinajstić information content (AvgIpc) is 3.26. The Balaban J connectivity index is 1.55. The van der Waals surface area contributed by atoms with Crippen LogP contribution in [0.2, 0.25) is 10.0 Å². The normalized spacial score (nSPS) is 16.9. The van der Waals surface area contributed by atoms with Gasteiger partial charge in [0.15, 0.2) is 5.17 Å². The summed E-state index contributed by atoms with van der Waals surface area (Å²) in [5.74, 6) is -0.175. The van der Waals surface area contributed by atoms with Gasteiger partial charge in [-0.1, -0.05) is 41.4 Å². The molecule has 0 bridgehead atoms. The van der Waals surface area contributed by atoms with Crippen LogP contribution in [0.15, 0.2) is 76.9 Å². The molecule has 2 heterocycles. The zero-order valence-electron chi connectivity index (χ0n) is 13.9. The molecule has 3 aromatic rings. The second kappa shape index (κ2) is 7.64. The Hall–Kier alpha value is -2.47. The standard InChI is InChI=1S/C20H13Cl2N3OS/c21-16-7-6-14(11-17(16)22)23-20-24-19(26)18(27-20)10-13-8-9-25(12-13)15-4-2-1-3-5-15/h1-12H,(H,23,24,26)/b18-10+. The molecule has 134 valence electrons. The molecule has 27 heavy (non-hydrogen) atoms. The highest BCUT2D eigenvalue weighted by molar-refractivity contribution is 8.18. The number of nitrogens with one attached hydrogen (secondary N) is 1. The van der Waals surface area contributed by atoms with Gasteiger partial charge in [0.2, 0.25) is 0 Å². The van der Waals surface area contributed by atoms with Crippen LogP contribution in [-0.4, -0.2) is 15.6 Å². The highest BCUT2D eigenvalue weighted by Crippen LogP contribution is 2.31. The molecule has 4 nitrogen and oxygen atoms in total. The van der Waals surface area contributed by atoms with Crippen LogP contribution >= 0.6 is 35.0 Å². The Labute approximate surface area is 170 Å². The van der Waals surface area contributed by atoms with Crippen molar-refractivity contribution in [3.8, 4) is 5.69 Å². The van der Waals surface area contributed by atoms with Crippen LogP contribution in [0.5, 0.6) is 0 Å². The monoisotopic (exact) mass is 413 g/mol. The quantitative estimate of drug-likeness (QED) is 0.561.